The lowest BCUT2D eigenvalue weighted by Crippen LogP contribution is -2.16. The summed E-state index contributed by atoms with van der Waals surface area (Å²) in [5, 5.41) is 0. The zero-order valence-corrected chi connectivity index (χ0v) is 22.2. The van der Waals surface area contributed by atoms with Crippen LogP contribution >= 0.6 is 0 Å². The van der Waals surface area contributed by atoms with Crippen LogP contribution in [0.15, 0.2) is 85.5 Å². The minimum atomic E-state index is 0.143. The van der Waals surface area contributed by atoms with E-state index in [0.29, 0.717) is 0 Å². The van der Waals surface area contributed by atoms with E-state index in [-0.39, 0.29) is 10.8 Å². The number of aryl methyl sites for hydroxylation is 1. The lowest BCUT2D eigenvalue weighted by molar-refractivity contribution is 0.506. The Morgan fingerprint density at radius 2 is 1.15 bits per heavy atom. The molecule has 3 aromatic rings. The van der Waals surface area contributed by atoms with Gasteiger partial charge in [-0.1, -0.05) is 84.0 Å². The smallest absolute Gasteiger partial charge is 0.0461 e. The second kappa shape index (κ2) is 11.1. The Labute approximate surface area is 208 Å². The molecule has 1 heteroatoms. The largest absolute Gasteiger partial charge is 0.311 e. The fourth-order valence-corrected chi connectivity index (χ4v) is 4.25. The van der Waals surface area contributed by atoms with E-state index in [0.717, 1.165) is 19.3 Å². The molecule has 3 rings (SSSR count). The highest BCUT2D eigenvalue weighted by Crippen LogP contribution is 2.37. The van der Waals surface area contributed by atoms with Crippen LogP contribution in [0.2, 0.25) is 0 Å². The number of hydrogen-bond acceptors (Lipinski definition) is 1. The van der Waals surface area contributed by atoms with Gasteiger partial charge in [0.25, 0.3) is 0 Å². The van der Waals surface area contributed by atoms with E-state index in [1.165, 1.54) is 46.6 Å². The summed E-state index contributed by atoms with van der Waals surface area (Å²) in [6.07, 6.45) is 7.77. The summed E-state index contributed by atoms with van der Waals surface area (Å²) in [5.41, 5.74) is 8.04. The molecule has 0 aliphatic carbocycles. The average Bonchev–Trinajstić information content (AvgIpc) is 2.83. The number of nitrogens with zero attached hydrogens (tertiary/aromatic N) is 1. The predicted molar refractivity (Wildman–Crippen MR) is 151 cm³/mol. The summed E-state index contributed by atoms with van der Waals surface area (Å²) in [6.45, 7) is 17.5. The van der Waals surface area contributed by atoms with Crippen LogP contribution in [0.5, 0.6) is 0 Å². The first-order valence-corrected chi connectivity index (χ1v) is 12.9. The van der Waals surface area contributed by atoms with Crippen molar-refractivity contribution in [3.05, 3.63) is 102 Å². The molecule has 1 nitrogen and oxygen atoms in total. The van der Waals surface area contributed by atoms with Gasteiger partial charge in [-0.05, 0) is 96.0 Å². The van der Waals surface area contributed by atoms with E-state index in [2.05, 4.69) is 126 Å². The minimum Gasteiger partial charge on any atom is -0.311 e. The molecule has 180 valence electrons. The van der Waals surface area contributed by atoms with Gasteiger partial charge in [0.2, 0.25) is 0 Å². The molecule has 0 aromatic heterocycles. The second-order valence-corrected chi connectivity index (χ2v) is 11.1. The molecule has 0 aliphatic heterocycles. The molecule has 0 saturated heterocycles. The van der Waals surface area contributed by atoms with E-state index in [4.69, 9.17) is 0 Å². The third-order valence-corrected chi connectivity index (χ3v) is 7.10. The molecule has 0 N–H and O–H groups in total. The molecule has 0 saturated carbocycles. The zero-order valence-electron chi connectivity index (χ0n) is 22.2. The van der Waals surface area contributed by atoms with Crippen LogP contribution in [-0.4, -0.2) is 0 Å². The van der Waals surface area contributed by atoms with Gasteiger partial charge in [-0.3, -0.25) is 0 Å². The monoisotopic (exact) mass is 453 g/mol. The summed E-state index contributed by atoms with van der Waals surface area (Å²) in [7, 11) is 0. The van der Waals surface area contributed by atoms with Gasteiger partial charge in [0, 0.05) is 17.1 Å². The number of unbranched alkanes of at least 4 members (excludes halogenated alkanes) is 2. The van der Waals surface area contributed by atoms with Crippen molar-refractivity contribution in [3.63, 3.8) is 0 Å². The Balaban J connectivity index is 1.95. The highest BCUT2D eigenvalue weighted by molar-refractivity contribution is 5.76. The third kappa shape index (κ3) is 6.41. The van der Waals surface area contributed by atoms with Crippen LogP contribution in [-0.2, 0) is 17.3 Å². The van der Waals surface area contributed by atoms with Crippen LogP contribution in [0.3, 0.4) is 0 Å². The van der Waals surface area contributed by atoms with Crippen LogP contribution in [0.4, 0.5) is 17.1 Å². The van der Waals surface area contributed by atoms with E-state index >= 15 is 0 Å². The van der Waals surface area contributed by atoms with Gasteiger partial charge < -0.3 is 4.90 Å². The van der Waals surface area contributed by atoms with Crippen molar-refractivity contribution in [2.45, 2.75) is 84.5 Å². The summed E-state index contributed by atoms with van der Waals surface area (Å²) in [6, 6.07) is 27.3. The number of rotatable bonds is 10. The quantitative estimate of drug-likeness (QED) is 0.218. The van der Waals surface area contributed by atoms with Gasteiger partial charge >= 0.3 is 0 Å². The molecule has 0 fully saturated rings. The molecular formula is C33H43N. The summed E-state index contributed by atoms with van der Waals surface area (Å²) < 4.78 is 0. The van der Waals surface area contributed by atoms with Gasteiger partial charge in [-0.2, -0.15) is 0 Å². The van der Waals surface area contributed by atoms with Crippen LogP contribution in [0.25, 0.3) is 0 Å². The number of allylic oxidation sites excluding steroid dienone is 1. The van der Waals surface area contributed by atoms with E-state index < -0.39 is 0 Å². The molecular weight excluding hydrogens is 410 g/mol. The Hall–Kier alpha value is -2.80. The van der Waals surface area contributed by atoms with Crippen LogP contribution in [0, 0.1) is 0 Å². The summed E-state index contributed by atoms with van der Waals surface area (Å²) >= 11 is 0. The van der Waals surface area contributed by atoms with Crippen molar-refractivity contribution < 1.29 is 0 Å². The van der Waals surface area contributed by atoms with E-state index in [1.807, 2.05) is 6.08 Å². The van der Waals surface area contributed by atoms with Crippen molar-refractivity contribution in [1.82, 2.24) is 0 Å². The minimum absolute atomic E-state index is 0.143. The van der Waals surface area contributed by atoms with Gasteiger partial charge in [0.15, 0.2) is 0 Å². The standard InChI is InChI=1S/C33H43N/c1-8-10-11-12-13-26-14-20-29(21-15-26)34(30-22-16-27(17-23-30)32(3,4)5)31-24-18-28(19-25-31)33(6,7)9-2/h8,14-25H,1,9-13H2,2-7H3. The Morgan fingerprint density at radius 1 is 0.676 bits per heavy atom. The Morgan fingerprint density at radius 3 is 1.59 bits per heavy atom. The maximum atomic E-state index is 3.83. The molecule has 0 radical (unpaired) electrons. The zero-order chi connectivity index (χ0) is 24.8. The van der Waals surface area contributed by atoms with Gasteiger partial charge in [-0.15, -0.1) is 6.58 Å². The van der Waals surface area contributed by atoms with Gasteiger partial charge in [0.05, 0.1) is 0 Å². The first kappa shape index (κ1) is 25.8. The topological polar surface area (TPSA) is 3.24 Å². The fraction of sp³-hybridized carbons (Fsp3) is 0.394. The molecule has 0 amide bonds. The van der Waals surface area contributed by atoms with Gasteiger partial charge in [0.1, 0.15) is 0 Å². The van der Waals surface area contributed by atoms with Gasteiger partial charge in [-0.25, -0.2) is 0 Å². The van der Waals surface area contributed by atoms with Crippen molar-refractivity contribution in [3.8, 4) is 0 Å². The molecule has 0 heterocycles. The van der Waals surface area contributed by atoms with Crippen LogP contribution < -0.4 is 4.90 Å². The first-order valence-electron chi connectivity index (χ1n) is 12.9. The van der Waals surface area contributed by atoms with Crippen molar-refractivity contribution in [1.29, 1.82) is 0 Å². The highest BCUT2D eigenvalue weighted by Gasteiger charge is 2.20. The maximum absolute atomic E-state index is 3.83. The van der Waals surface area contributed by atoms with E-state index in [9.17, 15) is 0 Å². The molecule has 0 unspecified atom stereocenters. The Kier molecular flexibility index (Phi) is 8.42. The fourth-order valence-electron chi connectivity index (χ4n) is 4.25. The van der Waals surface area contributed by atoms with Crippen molar-refractivity contribution in [2.75, 3.05) is 4.90 Å². The molecule has 0 bridgehead atoms. The molecule has 0 aliphatic rings. The molecule has 3 aromatic carbocycles. The number of benzene rings is 3. The lowest BCUT2D eigenvalue weighted by Gasteiger charge is -2.28. The summed E-state index contributed by atoms with van der Waals surface area (Å²) in [5.74, 6) is 0. The number of anilines is 3. The summed E-state index contributed by atoms with van der Waals surface area (Å²) in [4.78, 5) is 2.37. The first-order chi connectivity index (χ1) is 16.2. The molecule has 34 heavy (non-hydrogen) atoms. The highest BCUT2D eigenvalue weighted by atomic mass is 15.1. The van der Waals surface area contributed by atoms with Crippen LogP contribution in [0.1, 0.15) is 83.9 Å². The number of hydrogen-bond donors (Lipinski definition) is 0. The maximum Gasteiger partial charge on any atom is 0.0461 e. The lowest BCUT2D eigenvalue weighted by atomic mass is 9.82. The normalized spacial score (nSPS) is 11.9. The molecule has 0 atom stereocenters. The SMILES string of the molecule is C=CCCCCc1ccc(N(c2ccc(C(C)(C)C)cc2)c2ccc(C(C)(C)CC)cc2)cc1. The third-order valence-electron chi connectivity index (χ3n) is 7.10. The molecule has 0 spiro atoms. The van der Waals surface area contributed by atoms with Crippen molar-refractivity contribution in [2.24, 2.45) is 0 Å². The average molecular weight is 454 g/mol. The van der Waals surface area contributed by atoms with Crippen molar-refractivity contribution >= 4 is 17.1 Å². The van der Waals surface area contributed by atoms with E-state index in [1.54, 1.807) is 0 Å². The predicted octanol–water partition coefficient (Wildman–Crippen LogP) is 10.0. The second-order valence-electron chi connectivity index (χ2n) is 11.1. The Bertz CT molecular complexity index is 1030.